The highest BCUT2D eigenvalue weighted by Crippen LogP contribution is 2.31. The predicted octanol–water partition coefficient (Wildman–Crippen LogP) is 4.88. The lowest BCUT2D eigenvalue weighted by molar-refractivity contribution is -0.116. The van der Waals surface area contributed by atoms with Crippen LogP contribution < -0.4 is 15.1 Å². The Hall–Kier alpha value is -3.20. The molecule has 1 saturated heterocycles. The Balaban J connectivity index is 1.47. The first-order valence-corrected chi connectivity index (χ1v) is 12.2. The van der Waals surface area contributed by atoms with E-state index < -0.39 is 0 Å². The summed E-state index contributed by atoms with van der Waals surface area (Å²) in [4.78, 5) is 35.5. The van der Waals surface area contributed by atoms with E-state index in [4.69, 9.17) is 11.6 Å². The van der Waals surface area contributed by atoms with Gasteiger partial charge in [-0.25, -0.2) is 4.98 Å². The number of piperazine rings is 1. The third-order valence-electron chi connectivity index (χ3n) is 5.50. The number of thiazole rings is 1. The van der Waals surface area contributed by atoms with Crippen LogP contribution in [-0.4, -0.2) is 54.9 Å². The SMILES string of the molecule is CC(=O)N(c1ccccc1)c1nc(/C=C/C(=O)Nc2cc(Cl)ccc2N2CCN(C)CC2)cs1. The molecule has 0 saturated carbocycles. The van der Waals surface area contributed by atoms with Crippen LogP contribution in [-0.2, 0) is 9.59 Å². The molecule has 0 spiro atoms. The number of nitrogens with zero attached hydrogens (tertiary/aromatic N) is 4. The minimum Gasteiger partial charge on any atom is -0.367 e. The van der Waals surface area contributed by atoms with Crippen molar-refractivity contribution in [2.24, 2.45) is 0 Å². The topological polar surface area (TPSA) is 68.8 Å². The van der Waals surface area contributed by atoms with E-state index in [1.54, 1.807) is 17.0 Å². The van der Waals surface area contributed by atoms with Gasteiger partial charge in [-0.15, -0.1) is 11.3 Å². The van der Waals surface area contributed by atoms with Crippen molar-refractivity contribution in [1.82, 2.24) is 9.88 Å². The van der Waals surface area contributed by atoms with E-state index >= 15 is 0 Å². The molecule has 0 aliphatic carbocycles. The summed E-state index contributed by atoms with van der Waals surface area (Å²) in [5.41, 5.74) is 2.98. The van der Waals surface area contributed by atoms with Gasteiger partial charge in [0, 0.05) is 49.6 Å². The van der Waals surface area contributed by atoms with Crippen LogP contribution in [0.5, 0.6) is 0 Å². The van der Waals surface area contributed by atoms with Gasteiger partial charge in [0.2, 0.25) is 11.8 Å². The minimum absolute atomic E-state index is 0.133. The van der Waals surface area contributed by atoms with Gasteiger partial charge in [0.05, 0.1) is 22.8 Å². The highest BCUT2D eigenvalue weighted by Gasteiger charge is 2.19. The quantitative estimate of drug-likeness (QED) is 0.493. The zero-order valence-corrected chi connectivity index (χ0v) is 20.6. The molecule has 7 nitrogen and oxygen atoms in total. The highest BCUT2D eigenvalue weighted by molar-refractivity contribution is 7.14. The predicted molar refractivity (Wildman–Crippen MR) is 140 cm³/mol. The Morgan fingerprint density at radius 3 is 2.56 bits per heavy atom. The molecule has 2 amide bonds. The van der Waals surface area contributed by atoms with Gasteiger partial charge in [-0.2, -0.15) is 0 Å². The lowest BCUT2D eigenvalue weighted by Gasteiger charge is -2.35. The maximum Gasteiger partial charge on any atom is 0.248 e. The van der Waals surface area contributed by atoms with Crippen molar-refractivity contribution >= 4 is 63.0 Å². The molecule has 4 rings (SSSR count). The standard InChI is InChI=1S/C25H26ClN5O2S/c1-18(32)31(21-6-4-3-5-7-21)25-27-20(17-34-25)9-11-24(33)28-22-16-19(26)8-10-23(22)30-14-12-29(2)13-15-30/h3-11,16-17H,12-15H2,1-2H3,(H,28,33)/b11-9+. The molecule has 1 aliphatic heterocycles. The van der Waals surface area contributed by atoms with Crippen molar-refractivity contribution in [3.8, 4) is 0 Å². The summed E-state index contributed by atoms with van der Waals surface area (Å²) >= 11 is 7.55. The van der Waals surface area contributed by atoms with Crippen molar-refractivity contribution in [3.63, 3.8) is 0 Å². The number of hydrogen-bond acceptors (Lipinski definition) is 6. The van der Waals surface area contributed by atoms with Crippen LogP contribution in [0.3, 0.4) is 0 Å². The Bertz CT molecular complexity index is 1190. The third kappa shape index (κ3) is 5.83. The Morgan fingerprint density at radius 1 is 1.12 bits per heavy atom. The number of amides is 2. The van der Waals surface area contributed by atoms with Crippen LogP contribution in [0.25, 0.3) is 6.08 Å². The van der Waals surface area contributed by atoms with Crippen LogP contribution >= 0.6 is 22.9 Å². The zero-order valence-electron chi connectivity index (χ0n) is 19.1. The van der Waals surface area contributed by atoms with E-state index in [1.165, 1.54) is 24.3 Å². The number of anilines is 4. The number of likely N-dealkylation sites (N-methyl/N-ethyl adjacent to an activating group) is 1. The lowest BCUT2D eigenvalue weighted by atomic mass is 10.2. The molecule has 2 heterocycles. The molecule has 1 aliphatic rings. The Labute approximate surface area is 208 Å². The fourth-order valence-electron chi connectivity index (χ4n) is 3.73. The normalized spacial score (nSPS) is 14.4. The van der Waals surface area contributed by atoms with Crippen molar-refractivity contribution in [2.45, 2.75) is 6.92 Å². The van der Waals surface area contributed by atoms with Crippen molar-refractivity contribution in [2.75, 3.05) is 48.3 Å². The number of rotatable bonds is 6. The van der Waals surface area contributed by atoms with Gasteiger partial charge in [-0.05, 0) is 43.5 Å². The summed E-state index contributed by atoms with van der Waals surface area (Å²) in [5.74, 6) is -0.412. The summed E-state index contributed by atoms with van der Waals surface area (Å²) in [6, 6.07) is 14.9. The molecule has 34 heavy (non-hydrogen) atoms. The van der Waals surface area contributed by atoms with Crippen LogP contribution in [0.15, 0.2) is 60.0 Å². The van der Waals surface area contributed by atoms with E-state index in [2.05, 4.69) is 27.1 Å². The van der Waals surface area contributed by atoms with E-state index in [-0.39, 0.29) is 11.8 Å². The molecule has 0 atom stereocenters. The van der Waals surface area contributed by atoms with Crippen molar-refractivity contribution in [3.05, 3.63) is 70.7 Å². The zero-order chi connectivity index (χ0) is 24.1. The first-order chi connectivity index (χ1) is 16.4. The number of benzene rings is 2. The first kappa shape index (κ1) is 23.9. The maximum atomic E-state index is 12.7. The van der Waals surface area contributed by atoms with Crippen LogP contribution in [0, 0.1) is 0 Å². The minimum atomic E-state index is -0.279. The fraction of sp³-hybridized carbons (Fsp3) is 0.240. The Morgan fingerprint density at radius 2 is 1.85 bits per heavy atom. The van der Waals surface area contributed by atoms with Crippen LogP contribution in [0.4, 0.5) is 22.2 Å². The molecule has 9 heteroatoms. The van der Waals surface area contributed by atoms with E-state index in [1.807, 2.05) is 47.8 Å². The summed E-state index contributed by atoms with van der Waals surface area (Å²) in [6.07, 6.45) is 3.08. The van der Waals surface area contributed by atoms with Crippen LogP contribution in [0.1, 0.15) is 12.6 Å². The number of carbonyl (C=O) groups is 2. The monoisotopic (exact) mass is 495 g/mol. The molecule has 1 fully saturated rings. The third-order valence-corrected chi connectivity index (χ3v) is 6.58. The van der Waals surface area contributed by atoms with E-state index in [0.29, 0.717) is 21.5 Å². The molecule has 0 unspecified atom stereocenters. The molecular formula is C25H26ClN5O2S. The largest absolute Gasteiger partial charge is 0.367 e. The average Bonchev–Trinajstić information content (AvgIpc) is 3.27. The van der Waals surface area contributed by atoms with Gasteiger partial charge in [0.15, 0.2) is 5.13 Å². The fourth-order valence-corrected chi connectivity index (χ4v) is 4.75. The van der Waals surface area contributed by atoms with Crippen LogP contribution in [0.2, 0.25) is 5.02 Å². The smallest absolute Gasteiger partial charge is 0.248 e. The van der Waals surface area contributed by atoms with Gasteiger partial charge in [0.1, 0.15) is 0 Å². The number of halogens is 1. The number of aromatic nitrogens is 1. The number of nitrogens with one attached hydrogen (secondary N) is 1. The second-order valence-electron chi connectivity index (χ2n) is 8.02. The molecular weight excluding hydrogens is 470 g/mol. The van der Waals surface area contributed by atoms with Gasteiger partial charge in [0.25, 0.3) is 0 Å². The molecule has 0 bridgehead atoms. The average molecular weight is 496 g/mol. The summed E-state index contributed by atoms with van der Waals surface area (Å²) in [6.45, 7) is 5.18. The molecule has 1 N–H and O–H groups in total. The van der Waals surface area contributed by atoms with Crippen molar-refractivity contribution < 1.29 is 9.59 Å². The molecule has 1 aromatic heterocycles. The highest BCUT2D eigenvalue weighted by atomic mass is 35.5. The summed E-state index contributed by atoms with van der Waals surface area (Å²) in [7, 11) is 2.10. The molecule has 176 valence electrons. The van der Waals surface area contributed by atoms with E-state index in [0.717, 1.165) is 37.6 Å². The molecule has 0 radical (unpaired) electrons. The molecule has 2 aromatic carbocycles. The van der Waals surface area contributed by atoms with E-state index in [9.17, 15) is 9.59 Å². The number of carbonyl (C=O) groups excluding carboxylic acids is 2. The molecule has 3 aromatic rings. The summed E-state index contributed by atoms with van der Waals surface area (Å²) < 4.78 is 0. The lowest BCUT2D eigenvalue weighted by Crippen LogP contribution is -2.44. The first-order valence-electron chi connectivity index (χ1n) is 10.9. The van der Waals surface area contributed by atoms with Crippen molar-refractivity contribution in [1.29, 1.82) is 0 Å². The Kier molecular flexibility index (Phi) is 7.62. The second kappa shape index (κ2) is 10.8. The van der Waals surface area contributed by atoms with Gasteiger partial charge >= 0.3 is 0 Å². The van der Waals surface area contributed by atoms with Gasteiger partial charge < -0.3 is 15.1 Å². The second-order valence-corrected chi connectivity index (χ2v) is 9.29. The van der Waals surface area contributed by atoms with Gasteiger partial charge in [-0.3, -0.25) is 14.5 Å². The number of hydrogen-bond donors (Lipinski definition) is 1. The van der Waals surface area contributed by atoms with Gasteiger partial charge in [-0.1, -0.05) is 29.8 Å². The summed E-state index contributed by atoms with van der Waals surface area (Å²) in [5, 5.41) is 5.87. The maximum absolute atomic E-state index is 12.7. The number of para-hydroxylation sites is 1.